The summed E-state index contributed by atoms with van der Waals surface area (Å²) in [5, 5.41) is 12.1. The SMILES string of the molecule is O=C([O-])[C@H]1COC2(CCCCC2)N1C(=O)c1ccc(Cl)c(Cl)c1. The number of hydrogen-bond donors (Lipinski definition) is 0. The predicted molar refractivity (Wildman–Crippen MR) is 83.2 cm³/mol. The van der Waals surface area contributed by atoms with Gasteiger partial charge in [-0.05, 0) is 43.9 Å². The van der Waals surface area contributed by atoms with Crippen molar-refractivity contribution in [2.45, 2.75) is 43.9 Å². The molecule has 0 unspecified atom stereocenters. The molecule has 1 atom stereocenters. The van der Waals surface area contributed by atoms with Gasteiger partial charge in [0.25, 0.3) is 5.91 Å². The Kier molecular flexibility index (Phi) is 4.54. The van der Waals surface area contributed by atoms with Crippen LogP contribution in [0.5, 0.6) is 0 Å². The van der Waals surface area contributed by atoms with Crippen molar-refractivity contribution in [2.75, 3.05) is 6.61 Å². The quantitative estimate of drug-likeness (QED) is 0.814. The van der Waals surface area contributed by atoms with Crippen LogP contribution in [0.4, 0.5) is 0 Å². The number of hydrogen-bond acceptors (Lipinski definition) is 4. The highest BCUT2D eigenvalue weighted by atomic mass is 35.5. The first-order chi connectivity index (χ1) is 10.9. The molecule has 1 aliphatic carbocycles. The molecule has 5 nitrogen and oxygen atoms in total. The Hall–Kier alpha value is -1.30. The summed E-state index contributed by atoms with van der Waals surface area (Å²) in [4.78, 5) is 25.7. The van der Waals surface area contributed by atoms with Crippen LogP contribution in [0.3, 0.4) is 0 Å². The topological polar surface area (TPSA) is 69.7 Å². The normalized spacial score (nSPS) is 23.2. The molecule has 1 aromatic rings. The van der Waals surface area contributed by atoms with Gasteiger partial charge in [-0.1, -0.05) is 29.6 Å². The number of nitrogens with zero attached hydrogens (tertiary/aromatic N) is 1. The van der Waals surface area contributed by atoms with Crippen LogP contribution in [0.25, 0.3) is 0 Å². The fourth-order valence-electron chi connectivity index (χ4n) is 3.42. The molecule has 3 rings (SSSR count). The number of aliphatic carboxylic acids is 1. The van der Waals surface area contributed by atoms with E-state index in [4.69, 9.17) is 27.9 Å². The molecule has 2 aliphatic rings. The summed E-state index contributed by atoms with van der Waals surface area (Å²) in [6.07, 6.45) is 4.10. The molecule has 1 spiro atoms. The molecule has 1 heterocycles. The predicted octanol–water partition coefficient (Wildman–Crippen LogP) is 2.24. The average Bonchev–Trinajstić information content (AvgIpc) is 2.89. The minimum absolute atomic E-state index is 0.0462. The summed E-state index contributed by atoms with van der Waals surface area (Å²) >= 11 is 11.9. The molecule has 0 N–H and O–H groups in total. The van der Waals surface area contributed by atoms with Gasteiger partial charge in [0.1, 0.15) is 5.72 Å². The molecule has 1 saturated carbocycles. The molecule has 124 valence electrons. The van der Waals surface area contributed by atoms with E-state index in [-0.39, 0.29) is 11.6 Å². The number of benzene rings is 1. The lowest BCUT2D eigenvalue weighted by molar-refractivity contribution is -0.310. The van der Waals surface area contributed by atoms with Gasteiger partial charge >= 0.3 is 0 Å². The monoisotopic (exact) mass is 356 g/mol. The Balaban J connectivity index is 1.98. The zero-order chi connectivity index (χ0) is 16.6. The molecular formula is C16H16Cl2NO4-. The highest BCUT2D eigenvalue weighted by Gasteiger charge is 2.51. The lowest BCUT2D eigenvalue weighted by Gasteiger charge is -2.42. The van der Waals surface area contributed by atoms with E-state index in [9.17, 15) is 14.7 Å². The molecule has 1 saturated heterocycles. The third-order valence-electron chi connectivity index (χ3n) is 4.55. The summed E-state index contributed by atoms with van der Waals surface area (Å²) in [7, 11) is 0. The van der Waals surface area contributed by atoms with Crippen molar-refractivity contribution in [1.82, 2.24) is 4.90 Å². The van der Waals surface area contributed by atoms with E-state index in [0.717, 1.165) is 19.3 Å². The van der Waals surface area contributed by atoms with Gasteiger partial charge in [-0.15, -0.1) is 0 Å². The maximum Gasteiger partial charge on any atom is 0.256 e. The summed E-state index contributed by atoms with van der Waals surface area (Å²) in [6, 6.07) is 3.43. The third-order valence-corrected chi connectivity index (χ3v) is 5.29. The second-order valence-corrected chi connectivity index (χ2v) is 6.77. The smallest absolute Gasteiger partial charge is 0.256 e. The number of amides is 1. The Labute approximate surface area is 144 Å². The maximum atomic E-state index is 13.0. The molecule has 7 heteroatoms. The summed E-state index contributed by atoms with van der Waals surface area (Å²) in [5.74, 6) is -1.72. The number of ether oxygens (including phenoxy) is 1. The number of carbonyl (C=O) groups excluding carboxylic acids is 2. The second-order valence-electron chi connectivity index (χ2n) is 5.96. The molecular weight excluding hydrogens is 341 g/mol. The minimum Gasteiger partial charge on any atom is -0.548 e. The van der Waals surface area contributed by atoms with Crippen molar-refractivity contribution in [3.05, 3.63) is 33.8 Å². The van der Waals surface area contributed by atoms with E-state index in [1.165, 1.54) is 23.1 Å². The summed E-state index contributed by atoms with van der Waals surface area (Å²) in [6.45, 7) is -0.0462. The standard InChI is InChI=1S/C16H17Cl2NO4/c17-11-5-4-10(8-12(11)18)14(20)19-13(15(21)22)9-23-16(19)6-2-1-3-7-16/h4-5,8,13H,1-3,6-7,9H2,(H,21,22)/p-1/t13-/m1/s1. The van der Waals surface area contributed by atoms with Gasteiger partial charge in [0.2, 0.25) is 0 Å². The fourth-order valence-corrected chi connectivity index (χ4v) is 3.72. The van der Waals surface area contributed by atoms with Crippen LogP contribution in [-0.4, -0.2) is 35.2 Å². The van der Waals surface area contributed by atoms with E-state index in [2.05, 4.69) is 0 Å². The van der Waals surface area contributed by atoms with Crippen LogP contribution in [-0.2, 0) is 9.53 Å². The van der Waals surface area contributed by atoms with E-state index >= 15 is 0 Å². The van der Waals surface area contributed by atoms with Crippen molar-refractivity contribution in [1.29, 1.82) is 0 Å². The van der Waals surface area contributed by atoms with Crippen molar-refractivity contribution in [3.63, 3.8) is 0 Å². The Bertz CT molecular complexity index is 643. The van der Waals surface area contributed by atoms with Gasteiger partial charge in [0.05, 0.1) is 28.7 Å². The lowest BCUT2D eigenvalue weighted by atomic mass is 9.89. The molecule has 0 aromatic heterocycles. The molecule has 1 aliphatic heterocycles. The first-order valence-electron chi connectivity index (χ1n) is 7.58. The van der Waals surface area contributed by atoms with E-state index in [1.54, 1.807) is 0 Å². The average molecular weight is 357 g/mol. The zero-order valence-corrected chi connectivity index (χ0v) is 13.9. The van der Waals surface area contributed by atoms with Gasteiger partial charge in [0.15, 0.2) is 0 Å². The highest BCUT2D eigenvalue weighted by Crippen LogP contribution is 2.41. The number of carboxylic acids is 1. The van der Waals surface area contributed by atoms with E-state index in [1.807, 2.05) is 0 Å². The fraction of sp³-hybridized carbons (Fsp3) is 0.500. The molecule has 23 heavy (non-hydrogen) atoms. The summed E-state index contributed by atoms with van der Waals surface area (Å²) in [5.41, 5.74) is -0.562. The highest BCUT2D eigenvalue weighted by molar-refractivity contribution is 6.42. The van der Waals surface area contributed by atoms with Crippen molar-refractivity contribution in [3.8, 4) is 0 Å². The van der Waals surface area contributed by atoms with Crippen LogP contribution in [0, 0.1) is 0 Å². The van der Waals surface area contributed by atoms with Crippen molar-refractivity contribution >= 4 is 35.1 Å². The zero-order valence-electron chi connectivity index (χ0n) is 12.4. The van der Waals surface area contributed by atoms with E-state index < -0.39 is 23.6 Å². The maximum absolute atomic E-state index is 13.0. The Morgan fingerprint density at radius 3 is 2.48 bits per heavy atom. The van der Waals surface area contributed by atoms with Gasteiger partial charge in [0, 0.05) is 5.56 Å². The van der Waals surface area contributed by atoms with Crippen LogP contribution >= 0.6 is 23.2 Å². The first kappa shape index (κ1) is 16.6. The summed E-state index contributed by atoms with van der Waals surface area (Å²) < 4.78 is 5.79. The molecule has 0 bridgehead atoms. The number of carbonyl (C=O) groups is 2. The van der Waals surface area contributed by atoms with E-state index in [0.29, 0.717) is 23.4 Å². The minimum atomic E-state index is -1.30. The Morgan fingerprint density at radius 1 is 1.17 bits per heavy atom. The van der Waals surface area contributed by atoms with Crippen molar-refractivity contribution in [2.24, 2.45) is 0 Å². The second kappa shape index (κ2) is 6.30. The number of rotatable bonds is 2. The lowest BCUT2D eigenvalue weighted by Crippen LogP contribution is -2.57. The number of halogens is 2. The van der Waals surface area contributed by atoms with Crippen LogP contribution in [0.15, 0.2) is 18.2 Å². The van der Waals surface area contributed by atoms with Crippen LogP contribution < -0.4 is 5.11 Å². The third kappa shape index (κ3) is 2.93. The molecule has 1 aromatic carbocycles. The van der Waals surface area contributed by atoms with Gasteiger partial charge in [-0.25, -0.2) is 0 Å². The molecule has 2 fully saturated rings. The first-order valence-corrected chi connectivity index (χ1v) is 8.34. The number of carboxylic acid groups (broad SMARTS) is 1. The molecule has 0 radical (unpaired) electrons. The van der Waals surface area contributed by atoms with Gasteiger partial charge < -0.3 is 14.6 Å². The van der Waals surface area contributed by atoms with Gasteiger partial charge in [-0.2, -0.15) is 0 Å². The van der Waals surface area contributed by atoms with Crippen LogP contribution in [0.2, 0.25) is 10.0 Å². The Morgan fingerprint density at radius 2 is 1.87 bits per heavy atom. The van der Waals surface area contributed by atoms with Gasteiger partial charge in [-0.3, -0.25) is 9.69 Å². The van der Waals surface area contributed by atoms with Crippen LogP contribution in [0.1, 0.15) is 42.5 Å². The van der Waals surface area contributed by atoms with Crippen molar-refractivity contribution < 1.29 is 19.4 Å². The molecule has 1 amide bonds. The largest absolute Gasteiger partial charge is 0.548 e.